The summed E-state index contributed by atoms with van der Waals surface area (Å²) in [6.45, 7) is 4.55. The lowest BCUT2D eigenvalue weighted by Crippen LogP contribution is -2.33. The summed E-state index contributed by atoms with van der Waals surface area (Å²) in [5.41, 5.74) is 9.72. The van der Waals surface area contributed by atoms with Crippen LogP contribution in [0.1, 0.15) is 19.4 Å². The molecule has 0 saturated carbocycles. The van der Waals surface area contributed by atoms with E-state index in [4.69, 9.17) is 0 Å². The summed E-state index contributed by atoms with van der Waals surface area (Å²) in [4.78, 5) is 8.99. The van der Waals surface area contributed by atoms with E-state index in [1.54, 1.807) is 35.7 Å². The molecule has 10 aromatic rings. The number of hydrogen-bond acceptors (Lipinski definition) is 4. The molecule has 308 valence electrons. The number of halogens is 2. The molecule has 9 aromatic carbocycles. The van der Waals surface area contributed by atoms with Crippen LogP contribution in [0.3, 0.4) is 0 Å². The molecule has 0 aliphatic carbocycles. The van der Waals surface area contributed by atoms with Gasteiger partial charge in [-0.1, -0.05) is 145 Å². The number of aromatic nitrogens is 1. The molecule has 3 nitrogen and oxygen atoms in total. The van der Waals surface area contributed by atoms with Gasteiger partial charge in [-0.3, -0.25) is 0 Å². The molecule has 0 N–H and O–H groups in total. The van der Waals surface area contributed by atoms with Crippen LogP contribution < -0.4 is 9.80 Å². The molecule has 0 amide bonds. The lowest BCUT2D eigenvalue weighted by Gasteiger charge is -2.44. The first kappa shape index (κ1) is 38.6. The highest BCUT2D eigenvalue weighted by Crippen LogP contribution is 2.62. The molecule has 2 aliphatic heterocycles. The zero-order valence-corrected chi connectivity index (χ0v) is 36.6. The van der Waals surface area contributed by atoms with E-state index in [1.165, 1.54) is 12.1 Å². The second-order valence-corrected chi connectivity index (χ2v) is 18.8. The molecule has 0 radical (unpaired) electrons. The van der Waals surface area contributed by atoms with Gasteiger partial charge in [0.25, 0.3) is 0 Å². The topological polar surface area (TPSA) is 11.4 Å². The van der Waals surface area contributed by atoms with Gasteiger partial charge in [0, 0.05) is 69.2 Å². The quantitative estimate of drug-likeness (QED) is 0.165. The maximum atomic E-state index is 17.1. The molecule has 0 bridgehead atoms. The predicted molar refractivity (Wildman–Crippen MR) is 263 cm³/mol. The molecule has 0 saturated heterocycles. The highest BCUT2D eigenvalue weighted by Gasteiger charge is 2.42. The van der Waals surface area contributed by atoms with Crippen LogP contribution >= 0.6 is 23.5 Å². The number of benzene rings is 9. The first-order valence-electron chi connectivity index (χ1n) is 21.4. The Morgan fingerprint density at radius 2 is 0.703 bits per heavy atom. The molecule has 2 aliphatic rings. The third-order valence-corrected chi connectivity index (χ3v) is 14.9. The minimum Gasteiger partial charge on any atom is -0.330 e. The number of nitrogens with zero attached hydrogens (tertiary/aromatic N) is 3. The van der Waals surface area contributed by atoms with E-state index in [1.807, 2.05) is 30.3 Å². The second-order valence-electron chi connectivity index (χ2n) is 16.7. The Morgan fingerprint density at radius 1 is 0.375 bits per heavy atom. The van der Waals surface area contributed by atoms with Gasteiger partial charge in [0.05, 0.1) is 39.7 Å². The summed E-state index contributed by atoms with van der Waals surface area (Å²) >= 11 is 3.47. The number of fused-ring (bicyclic) bond motifs is 7. The lowest BCUT2D eigenvalue weighted by atomic mass is 9.81. The summed E-state index contributed by atoms with van der Waals surface area (Å²) in [6, 6.07) is 67.1. The van der Waals surface area contributed by atoms with Crippen LogP contribution in [-0.2, 0) is 5.54 Å². The zero-order valence-electron chi connectivity index (χ0n) is 35.0. The van der Waals surface area contributed by atoms with Gasteiger partial charge in [0.15, 0.2) is 0 Å². The summed E-state index contributed by atoms with van der Waals surface area (Å²) < 4.78 is 36.6. The molecular weight excluding hydrogens is 829 g/mol. The highest BCUT2D eigenvalue weighted by molar-refractivity contribution is 8.00. The van der Waals surface area contributed by atoms with E-state index in [-0.39, 0.29) is 11.6 Å². The van der Waals surface area contributed by atoms with Gasteiger partial charge in [-0.2, -0.15) is 0 Å². The van der Waals surface area contributed by atoms with Crippen molar-refractivity contribution in [1.29, 1.82) is 0 Å². The van der Waals surface area contributed by atoms with E-state index < -0.39 is 5.54 Å². The number of para-hydroxylation sites is 6. The summed E-state index contributed by atoms with van der Waals surface area (Å²) in [6.07, 6.45) is 0. The van der Waals surface area contributed by atoms with Gasteiger partial charge in [0.2, 0.25) is 0 Å². The van der Waals surface area contributed by atoms with Crippen molar-refractivity contribution in [2.45, 2.75) is 39.0 Å². The van der Waals surface area contributed by atoms with Crippen molar-refractivity contribution in [3.05, 3.63) is 217 Å². The molecule has 0 unspecified atom stereocenters. The van der Waals surface area contributed by atoms with Crippen molar-refractivity contribution in [3.8, 4) is 22.3 Å². The number of anilines is 6. The van der Waals surface area contributed by atoms with Gasteiger partial charge in [-0.05, 0) is 92.7 Å². The molecule has 7 heteroatoms. The predicted octanol–water partition coefficient (Wildman–Crippen LogP) is 17.1. The molecule has 0 spiro atoms. The van der Waals surface area contributed by atoms with Crippen molar-refractivity contribution in [1.82, 2.24) is 4.57 Å². The Kier molecular flexibility index (Phi) is 9.07. The van der Waals surface area contributed by atoms with Crippen molar-refractivity contribution >= 4 is 79.5 Å². The Balaban J connectivity index is 1.37. The summed E-state index contributed by atoms with van der Waals surface area (Å²) in [5, 5.41) is 2.26. The Labute approximate surface area is 379 Å². The molecular formula is C57H39F2N3S2. The minimum absolute atomic E-state index is 0.366. The van der Waals surface area contributed by atoms with E-state index in [0.717, 1.165) is 81.1 Å². The smallest absolute Gasteiger partial charge is 0.131 e. The molecule has 64 heavy (non-hydrogen) atoms. The largest absolute Gasteiger partial charge is 0.330 e. The van der Waals surface area contributed by atoms with Crippen molar-refractivity contribution in [2.75, 3.05) is 9.80 Å². The molecule has 1 aromatic heterocycles. The third-order valence-electron chi connectivity index (χ3n) is 12.7. The lowest BCUT2D eigenvalue weighted by molar-refractivity contribution is 0.466. The van der Waals surface area contributed by atoms with Crippen LogP contribution in [0.25, 0.3) is 44.1 Å². The SMILES string of the molecule is CC(C)(c1c(N2c3ccccc3Sc3ccccc32)c(-c2ccccc2F)cc(-c2ccccc2F)c1N1c2ccccc2Sc2ccccc21)n1c2ccccc2c2ccccc21. The van der Waals surface area contributed by atoms with E-state index >= 15 is 8.78 Å². The molecule has 0 fully saturated rings. The average molecular weight is 868 g/mol. The number of rotatable bonds is 6. The normalized spacial score (nSPS) is 13.1. The third kappa shape index (κ3) is 5.88. The Bertz CT molecular complexity index is 3190. The van der Waals surface area contributed by atoms with Gasteiger partial charge in [0.1, 0.15) is 11.6 Å². The van der Waals surface area contributed by atoms with Gasteiger partial charge < -0.3 is 14.4 Å². The van der Waals surface area contributed by atoms with Crippen LogP contribution in [0, 0.1) is 11.6 Å². The van der Waals surface area contributed by atoms with E-state index in [2.05, 4.69) is 174 Å². The van der Waals surface area contributed by atoms with Crippen LogP contribution in [0.15, 0.2) is 220 Å². The summed E-state index contributed by atoms with van der Waals surface area (Å²) in [5.74, 6) is -0.732. The first-order chi connectivity index (χ1) is 31.4. The van der Waals surface area contributed by atoms with Gasteiger partial charge >= 0.3 is 0 Å². The maximum Gasteiger partial charge on any atom is 0.131 e. The Hall–Kier alpha value is -7.06. The van der Waals surface area contributed by atoms with Crippen molar-refractivity contribution in [3.63, 3.8) is 0 Å². The fraction of sp³-hybridized carbons (Fsp3) is 0.0526. The maximum absolute atomic E-state index is 17.1. The number of hydrogen-bond donors (Lipinski definition) is 0. The van der Waals surface area contributed by atoms with Gasteiger partial charge in [-0.15, -0.1) is 0 Å². The second kappa shape index (κ2) is 15.0. The minimum atomic E-state index is -0.933. The van der Waals surface area contributed by atoms with Crippen molar-refractivity contribution in [2.24, 2.45) is 0 Å². The molecule has 12 rings (SSSR count). The van der Waals surface area contributed by atoms with Crippen LogP contribution in [0.5, 0.6) is 0 Å². The Morgan fingerprint density at radius 3 is 1.09 bits per heavy atom. The van der Waals surface area contributed by atoms with E-state index in [9.17, 15) is 0 Å². The monoisotopic (exact) mass is 867 g/mol. The fourth-order valence-corrected chi connectivity index (χ4v) is 12.1. The van der Waals surface area contributed by atoms with Crippen molar-refractivity contribution < 1.29 is 8.78 Å². The standard InChI is InChI=1S/C57H39F2N3S2/c1-57(2,62-44-25-9-5-21-38(44)39-22-6-10-26-45(39)62)54-55(60-46-27-11-15-31-50(46)63-51-32-16-12-28-47(51)60)40(36-19-3-7-23-42(36)58)35-41(37-20-4-8-24-43(37)59)56(54)61-48-29-13-17-33-52(48)64-53-34-18-14-30-49(53)61/h3-35H,1-2H3. The van der Waals surface area contributed by atoms with Gasteiger partial charge in [-0.25, -0.2) is 8.78 Å². The summed E-state index contributed by atoms with van der Waals surface area (Å²) in [7, 11) is 0. The molecule has 0 atom stereocenters. The van der Waals surface area contributed by atoms with Crippen LogP contribution in [0.4, 0.5) is 42.9 Å². The van der Waals surface area contributed by atoms with Crippen LogP contribution in [0.2, 0.25) is 0 Å². The first-order valence-corrected chi connectivity index (χ1v) is 23.0. The fourth-order valence-electron chi connectivity index (χ4n) is 10.0. The van der Waals surface area contributed by atoms with Crippen LogP contribution in [-0.4, -0.2) is 4.57 Å². The molecule has 3 heterocycles. The average Bonchev–Trinajstić information content (AvgIpc) is 3.68. The highest BCUT2D eigenvalue weighted by atomic mass is 32.2. The zero-order chi connectivity index (χ0) is 43.1. The van der Waals surface area contributed by atoms with E-state index in [0.29, 0.717) is 22.3 Å².